The Labute approximate surface area is 102 Å². The molecular formula is C10H8Cl2O4. The van der Waals surface area contributed by atoms with Gasteiger partial charge in [0.15, 0.2) is 18.1 Å². The van der Waals surface area contributed by atoms with Crippen LogP contribution in [0, 0.1) is 0 Å². The Kier molecular flexibility index (Phi) is 4.15. The highest BCUT2D eigenvalue weighted by Crippen LogP contribution is 2.34. The van der Waals surface area contributed by atoms with Crippen molar-refractivity contribution in [2.24, 2.45) is 0 Å². The Bertz CT molecular complexity index is 419. The van der Waals surface area contributed by atoms with Crippen molar-refractivity contribution in [2.75, 3.05) is 6.61 Å². The molecule has 0 amide bonds. The summed E-state index contributed by atoms with van der Waals surface area (Å²) in [7, 11) is 0. The monoisotopic (exact) mass is 262 g/mol. The molecule has 0 heterocycles. The first-order chi connectivity index (χ1) is 7.41. The van der Waals surface area contributed by atoms with Gasteiger partial charge in [-0.2, -0.15) is 0 Å². The van der Waals surface area contributed by atoms with E-state index in [4.69, 9.17) is 33.0 Å². The third kappa shape index (κ3) is 3.12. The lowest BCUT2D eigenvalue weighted by Crippen LogP contribution is -2.10. The summed E-state index contributed by atoms with van der Waals surface area (Å²) in [5.74, 6) is -1.26. The molecule has 0 radical (unpaired) electrons. The molecule has 0 saturated heterocycles. The number of carboxylic acid groups (broad SMARTS) is 1. The zero-order valence-electron chi connectivity index (χ0n) is 8.29. The van der Waals surface area contributed by atoms with Crippen LogP contribution >= 0.6 is 23.2 Å². The molecule has 0 unspecified atom stereocenters. The van der Waals surface area contributed by atoms with Gasteiger partial charge >= 0.3 is 5.97 Å². The van der Waals surface area contributed by atoms with E-state index in [2.05, 4.69) is 0 Å². The normalized spacial score (nSPS) is 9.94. The summed E-state index contributed by atoms with van der Waals surface area (Å²) in [5.41, 5.74) is 0.345. The number of carboxylic acids is 1. The number of Topliss-reactive ketones (excluding diaryl/α,β-unsaturated/α-hetero) is 1. The predicted octanol–water partition coefficient (Wildman–Crippen LogP) is 2.66. The van der Waals surface area contributed by atoms with E-state index in [1.54, 1.807) is 0 Å². The van der Waals surface area contributed by atoms with Crippen LogP contribution in [-0.2, 0) is 4.79 Å². The number of hydrogen-bond acceptors (Lipinski definition) is 3. The lowest BCUT2D eigenvalue weighted by atomic mass is 10.1. The van der Waals surface area contributed by atoms with E-state index in [1.165, 1.54) is 19.1 Å². The molecular weight excluding hydrogens is 255 g/mol. The largest absolute Gasteiger partial charge is 0.479 e. The fourth-order valence-electron chi connectivity index (χ4n) is 1.03. The molecule has 0 atom stereocenters. The van der Waals surface area contributed by atoms with Gasteiger partial charge in [-0.25, -0.2) is 4.79 Å². The summed E-state index contributed by atoms with van der Waals surface area (Å²) >= 11 is 11.6. The summed E-state index contributed by atoms with van der Waals surface area (Å²) in [6.45, 7) is 0.832. The summed E-state index contributed by atoms with van der Waals surface area (Å²) in [4.78, 5) is 21.4. The van der Waals surface area contributed by atoms with E-state index >= 15 is 0 Å². The molecule has 0 aliphatic heterocycles. The lowest BCUT2D eigenvalue weighted by Gasteiger charge is -2.08. The van der Waals surface area contributed by atoms with Crippen molar-refractivity contribution in [2.45, 2.75) is 6.92 Å². The minimum atomic E-state index is -1.14. The van der Waals surface area contributed by atoms with Crippen LogP contribution in [0.4, 0.5) is 0 Å². The Morgan fingerprint density at radius 3 is 2.19 bits per heavy atom. The SMILES string of the molecule is CC(=O)c1cc(Cl)c(OCC(=O)O)c(Cl)c1. The van der Waals surface area contributed by atoms with Gasteiger partial charge in [0.05, 0.1) is 10.0 Å². The Balaban J connectivity index is 3.03. The number of halogens is 2. The second kappa shape index (κ2) is 5.18. The molecule has 1 aromatic rings. The number of benzene rings is 1. The molecule has 1 N–H and O–H groups in total. The molecule has 0 fully saturated rings. The number of carbonyl (C=O) groups excluding carboxylic acids is 1. The van der Waals surface area contributed by atoms with Crippen LogP contribution in [-0.4, -0.2) is 23.5 Å². The minimum absolute atomic E-state index is 0.0655. The molecule has 0 saturated carbocycles. The topological polar surface area (TPSA) is 63.6 Å². The van der Waals surface area contributed by atoms with Gasteiger partial charge in [-0.15, -0.1) is 0 Å². The molecule has 4 nitrogen and oxygen atoms in total. The second-order valence-electron chi connectivity index (χ2n) is 3.01. The molecule has 0 bridgehead atoms. The van der Waals surface area contributed by atoms with E-state index in [1.807, 2.05) is 0 Å². The molecule has 16 heavy (non-hydrogen) atoms. The summed E-state index contributed by atoms with van der Waals surface area (Å²) in [5, 5.41) is 8.65. The van der Waals surface area contributed by atoms with Crippen molar-refractivity contribution in [3.63, 3.8) is 0 Å². The van der Waals surface area contributed by atoms with Gasteiger partial charge in [-0.3, -0.25) is 4.79 Å². The van der Waals surface area contributed by atoms with Crippen molar-refractivity contribution >= 4 is 35.0 Å². The standard InChI is InChI=1S/C10H8Cl2O4/c1-5(13)6-2-7(11)10(8(12)3-6)16-4-9(14)15/h2-3H,4H2,1H3,(H,14,15). The second-order valence-corrected chi connectivity index (χ2v) is 3.82. The highest BCUT2D eigenvalue weighted by atomic mass is 35.5. The van der Waals surface area contributed by atoms with Crippen LogP contribution < -0.4 is 4.74 Å². The van der Waals surface area contributed by atoms with Crippen molar-refractivity contribution in [3.8, 4) is 5.75 Å². The number of rotatable bonds is 4. The maximum atomic E-state index is 11.1. The van der Waals surface area contributed by atoms with Crippen LogP contribution in [0.5, 0.6) is 5.75 Å². The van der Waals surface area contributed by atoms with Crippen LogP contribution in [0.1, 0.15) is 17.3 Å². The van der Waals surface area contributed by atoms with Gasteiger partial charge in [0.25, 0.3) is 0 Å². The van der Waals surface area contributed by atoms with Crippen molar-refractivity contribution < 1.29 is 19.4 Å². The summed E-state index contributed by atoms with van der Waals surface area (Å²) < 4.78 is 4.89. The van der Waals surface area contributed by atoms with E-state index in [9.17, 15) is 9.59 Å². The fraction of sp³-hybridized carbons (Fsp3) is 0.200. The van der Waals surface area contributed by atoms with Crippen molar-refractivity contribution in [1.82, 2.24) is 0 Å². The zero-order valence-corrected chi connectivity index (χ0v) is 9.80. The van der Waals surface area contributed by atoms with Crippen LogP contribution in [0.3, 0.4) is 0 Å². The van der Waals surface area contributed by atoms with Crippen LogP contribution in [0.15, 0.2) is 12.1 Å². The van der Waals surface area contributed by atoms with Crippen LogP contribution in [0.2, 0.25) is 10.0 Å². The maximum Gasteiger partial charge on any atom is 0.341 e. The van der Waals surface area contributed by atoms with Gasteiger partial charge in [0.2, 0.25) is 0 Å². The molecule has 6 heteroatoms. The first-order valence-electron chi connectivity index (χ1n) is 4.26. The van der Waals surface area contributed by atoms with E-state index in [-0.39, 0.29) is 21.6 Å². The minimum Gasteiger partial charge on any atom is -0.479 e. The molecule has 0 aliphatic carbocycles. The van der Waals surface area contributed by atoms with Crippen LogP contribution in [0.25, 0.3) is 0 Å². The Morgan fingerprint density at radius 2 is 1.81 bits per heavy atom. The molecule has 1 aromatic carbocycles. The average molecular weight is 263 g/mol. The third-order valence-corrected chi connectivity index (χ3v) is 2.31. The van der Waals surface area contributed by atoms with E-state index in [0.717, 1.165) is 0 Å². The van der Waals surface area contributed by atoms with Crippen molar-refractivity contribution in [3.05, 3.63) is 27.7 Å². The maximum absolute atomic E-state index is 11.1. The number of hydrogen-bond donors (Lipinski definition) is 1. The summed E-state index contributed by atoms with van der Waals surface area (Å²) in [6, 6.07) is 2.76. The average Bonchev–Trinajstić information content (AvgIpc) is 2.15. The lowest BCUT2D eigenvalue weighted by molar-refractivity contribution is -0.139. The quantitative estimate of drug-likeness (QED) is 0.848. The number of aliphatic carboxylic acids is 1. The Morgan fingerprint density at radius 1 is 1.31 bits per heavy atom. The van der Waals surface area contributed by atoms with Gasteiger partial charge in [-0.05, 0) is 19.1 Å². The molecule has 0 spiro atoms. The first-order valence-corrected chi connectivity index (χ1v) is 5.02. The highest BCUT2D eigenvalue weighted by Gasteiger charge is 2.12. The van der Waals surface area contributed by atoms with Gasteiger partial charge < -0.3 is 9.84 Å². The smallest absolute Gasteiger partial charge is 0.341 e. The number of ether oxygens (including phenoxy) is 1. The highest BCUT2D eigenvalue weighted by molar-refractivity contribution is 6.37. The number of carbonyl (C=O) groups is 2. The van der Waals surface area contributed by atoms with E-state index < -0.39 is 12.6 Å². The zero-order chi connectivity index (χ0) is 12.3. The van der Waals surface area contributed by atoms with E-state index in [0.29, 0.717) is 5.56 Å². The first kappa shape index (κ1) is 12.8. The fourth-order valence-corrected chi connectivity index (χ4v) is 1.63. The van der Waals surface area contributed by atoms with Gasteiger partial charge in [0, 0.05) is 5.56 Å². The molecule has 86 valence electrons. The summed E-state index contributed by atoms with van der Waals surface area (Å²) in [6.07, 6.45) is 0. The number of ketones is 1. The third-order valence-electron chi connectivity index (χ3n) is 1.74. The molecule has 0 aromatic heterocycles. The van der Waals surface area contributed by atoms with Gasteiger partial charge in [0.1, 0.15) is 0 Å². The van der Waals surface area contributed by atoms with Gasteiger partial charge in [-0.1, -0.05) is 23.2 Å². The van der Waals surface area contributed by atoms with Crippen molar-refractivity contribution in [1.29, 1.82) is 0 Å². The predicted molar refractivity (Wildman–Crippen MR) is 59.6 cm³/mol. The Hall–Kier alpha value is -1.26. The molecule has 1 rings (SSSR count). The molecule has 0 aliphatic rings.